The zero-order valence-corrected chi connectivity index (χ0v) is 12.4. The quantitative estimate of drug-likeness (QED) is 0.603. The van der Waals surface area contributed by atoms with Crippen molar-refractivity contribution in [3.63, 3.8) is 0 Å². The van der Waals surface area contributed by atoms with Gasteiger partial charge in [0.1, 0.15) is 0 Å². The van der Waals surface area contributed by atoms with Crippen LogP contribution >= 0.6 is 0 Å². The first-order chi connectivity index (χ1) is 9.56. The Morgan fingerprint density at radius 2 is 2.05 bits per heavy atom. The minimum Gasteiger partial charge on any atom is -0.481 e. The number of hydrogen-bond acceptors (Lipinski definition) is 3. The average molecular weight is 284 g/mol. The number of hydrogen-bond donors (Lipinski definition) is 3. The topological polar surface area (TPSA) is 92.4 Å². The second-order valence-electron chi connectivity index (χ2n) is 5.88. The Hall–Kier alpha value is -1.10. The summed E-state index contributed by atoms with van der Waals surface area (Å²) in [5, 5.41) is 11.9. The Kier molecular flexibility index (Phi) is 7.59. The number of rotatable bonds is 9. The smallest absolute Gasteiger partial charge is 0.306 e. The molecule has 1 aliphatic carbocycles. The van der Waals surface area contributed by atoms with Gasteiger partial charge in [-0.1, -0.05) is 19.8 Å². The van der Waals surface area contributed by atoms with Crippen LogP contribution in [0.4, 0.5) is 0 Å². The third-order valence-electron chi connectivity index (χ3n) is 4.20. The maximum absolute atomic E-state index is 11.9. The summed E-state index contributed by atoms with van der Waals surface area (Å²) in [5.74, 6) is -0.441. The van der Waals surface area contributed by atoms with Crippen LogP contribution in [0.25, 0.3) is 0 Å². The first kappa shape index (κ1) is 17.0. The van der Waals surface area contributed by atoms with Crippen molar-refractivity contribution < 1.29 is 14.7 Å². The number of carbonyl (C=O) groups is 2. The van der Waals surface area contributed by atoms with Crippen LogP contribution in [0.15, 0.2) is 0 Å². The molecule has 5 nitrogen and oxygen atoms in total. The number of aliphatic carboxylic acids is 1. The molecular weight excluding hydrogens is 256 g/mol. The summed E-state index contributed by atoms with van der Waals surface area (Å²) in [7, 11) is 0. The monoisotopic (exact) mass is 284 g/mol. The van der Waals surface area contributed by atoms with Crippen molar-refractivity contribution in [3.8, 4) is 0 Å². The van der Waals surface area contributed by atoms with Crippen molar-refractivity contribution in [2.45, 2.75) is 64.3 Å². The molecule has 20 heavy (non-hydrogen) atoms. The summed E-state index contributed by atoms with van der Waals surface area (Å²) in [6.45, 7) is 2.82. The Morgan fingerprint density at radius 3 is 2.60 bits per heavy atom. The van der Waals surface area contributed by atoms with Gasteiger partial charge in [-0.15, -0.1) is 0 Å². The molecule has 3 atom stereocenters. The summed E-state index contributed by atoms with van der Waals surface area (Å²) in [4.78, 5) is 22.8. The molecule has 1 saturated carbocycles. The van der Waals surface area contributed by atoms with E-state index < -0.39 is 5.97 Å². The lowest BCUT2D eigenvalue weighted by atomic mass is 9.94. The van der Waals surface area contributed by atoms with Crippen molar-refractivity contribution >= 4 is 11.9 Å². The molecule has 0 heterocycles. The van der Waals surface area contributed by atoms with E-state index in [1.165, 1.54) is 0 Å². The molecule has 0 spiro atoms. The van der Waals surface area contributed by atoms with Gasteiger partial charge in [0.05, 0.1) is 5.92 Å². The van der Waals surface area contributed by atoms with Gasteiger partial charge in [0.25, 0.3) is 0 Å². The molecular formula is C15H28N2O3. The predicted molar refractivity (Wildman–Crippen MR) is 78.2 cm³/mol. The predicted octanol–water partition coefficient (Wildman–Crippen LogP) is 1.90. The van der Waals surface area contributed by atoms with E-state index in [0.29, 0.717) is 31.7 Å². The van der Waals surface area contributed by atoms with Gasteiger partial charge in [0.15, 0.2) is 0 Å². The fourth-order valence-corrected chi connectivity index (χ4v) is 3.05. The highest BCUT2D eigenvalue weighted by Crippen LogP contribution is 2.26. The van der Waals surface area contributed by atoms with Gasteiger partial charge >= 0.3 is 5.97 Å². The highest BCUT2D eigenvalue weighted by atomic mass is 16.4. The van der Waals surface area contributed by atoms with Crippen LogP contribution in [0.5, 0.6) is 0 Å². The minimum atomic E-state index is -0.743. The Morgan fingerprint density at radius 1 is 1.30 bits per heavy atom. The first-order valence-corrected chi connectivity index (χ1v) is 7.79. The largest absolute Gasteiger partial charge is 0.481 e. The summed E-state index contributed by atoms with van der Waals surface area (Å²) >= 11 is 0. The fourth-order valence-electron chi connectivity index (χ4n) is 3.05. The second-order valence-corrected chi connectivity index (χ2v) is 5.88. The van der Waals surface area contributed by atoms with E-state index in [1.54, 1.807) is 0 Å². The molecule has 5 heteroatoms. The van der Waals surface area contributed by atoms with Crippen molar-refractivity contribution in [2.24, 2.45) is 17.6 Å². The lowest BCUT2D eigenvalue weighted by molar-refractivity contribution is -0.141. The summed E-state index contributed by atoms with van der Waals surface area (Å²) in [6.07, 6.45) is 6.65. The highest BCUT2D eigenvalue weighted by molar-refractivity contribution is 5.76. The van der Waals surface area contributed by atoms with E-state index >= 15 is 0 Å². The van der Waals surface area contributed by atoms with Crippen LogP contribution in [0.2, 0.25) is 0 Å². The molecule has 0 aromatic carbocycles. The van der Waals surface area contributed by atoms with Crippen LogP contribution < -0.4 is 11.1 Å². The first-order valence-electron chi connectivity index (χ1n) is 7.79. The molecule has 0 radical (unpaired) electrons. The standard InChI is InChI=1S/C15H28N2O3/c1-2-3-11(8-9-16)4-7-14(18)17-13-6-5-12(10-13)15(19)20/h11-13H,2-10,16H2,1H3,(H,17,18)(H,19,20). The van der Waals surface area contributed by atoms with Crippen molar-refractivity contribution in [3.05, 3.63) is 0 Å². The van der Waals surface area contributed by atoms with Gasteiger partial charge in [-0.3, -0.25) is 9.59 Å². The maximum Gasteiger partial charge on any atom is 0.306 e. The Bertz CT molecular complexity index is 314. The SMILES string of the molecule is CCCC(CCN)CCC(=O)NC1CCC(C(=O)O)C1. The van der Waals surface area contributed by atoms with Crippen molar-refractivity contribution in [1.82, 2.24) is 5.32 Å². The lowest BCUT2D eigenvalue weighted by Crippen LogP contribution is -2.33. The van der Waals surface area contributed by atoms with E-state index in [4.69, 9.17) is 10.8 Å². The number of amides is 1. The van der Waals surface area contributed by atoms with Crippen LogP contribution in [-0.4, -0.2) is 29.6 Å². The van der Waals surface area contributed by atoms with Gasteiger partial charge in [-0.05, 0) is 44.6 Å². The summed E-state index contributed by atoms with van der Waals surface area (Å²) in [6, 6.07) is 0.0442. The van der Waals surface area contributed by atoms with E-state index in [9.17, 15) is 9.59 Å². The minimum absolute atomic E-state index is 0.0442. The molecule has 3 unspecified atom stereocenters. The van der Waals surface area contributed by atoms with Crippen LogP contribution in [-0.2, 0) is 9.59 Å². The Labute approximate surface area is 121 Å². The molecule has 116 valence electrons. The zero-order valence-electron chi connectivity index (χ0n) is 12.4. The summed E-state index contributed by atoms with van der Waals surface area (Å²) < 4.78 is 0. The van der Waals surface area contributed by atoms with Crippen LogP contribution in [0.1, 0.15) is 58.3 Å². The van der Waals surface area contributed by atoms with Crippen LogP contribution in [0.3, 0.4) is 0 Å². The molecule has 0 aromatic rings. The van der Waals surface area contributed by atoms with Crippen molar-refractivity contribution in [1.29, 1.82) is 0 Å². The van der Waals surface area contributed by atoms with E-state index in [0.717, 1.165) is 32.1 Å². The number of nitrogens with two attached hydrogens (primary N) is 1. The molecule has 0 aliphatic heterocycles. The third-order valence-corrected chi connectivity index (χ3v) is 4.20. The highest BCUT2D eigenvalue weighted by Gasteiger charge is 2.30. The lowest BCUT2D eigenvalue weighted by Gasteiger charge is -2.16. The van der Waals surface area contributed by atoms with Crippen LogP contribution in [0, 0.1) is 11.8 Å². The van der Waals surface area contributed by atoms with Gasteiger partial charge in [0, 0.05) is 12.5 Å². The number of carbonyl (C=O) groups excluding carboxylic acids is 1. The molecule has 0 aromatic heterocycles. The average Bonchev–Trinajstić information content (AvgIpc) is 2.85. The third kappa shape index (κ3) is 5.90. The van der Waals surface area contributed by atoms with Gasteiger partial charge < -0.3 is 16.2 Å². The number of carboxylic acids is 1. The van der Waals surface area contributed by atoms with Gasteiger partial charge in [-0.2, -0.15) is 0 Å². The normalized spacial score (nSPS) is 23.5. The van der Waals surface area contributed by atoms with E-state index in [1.807, 2.05) is 0 Å². The van der Waals surface area contributed by atoms with Crippen molar-refractivity contribution in [2.75, 3.05) is 6.54 Å². The molecule has 1 amide bonds. The maximum atomic E-state index is 11.9. The zero-order chi connectivity index (χ0) is 15.0. The Balaban J connectivity index is 2.24. The van der Waals surface area contributed by atoms with Gasteiger partial charge in [-0.25, -0.2) is 0 Å². The van der Waals surface area contributed by atoms with Gasteiger partial charge in [0.2, 0.25) is 5.91 Å². The number of nitrogens with one attached hydrogen (secondary N) is 1. The fraction of sp³-hybridized carbons (Fsp3) is 0.867. The summed E-state index contributed by atoms with van der Waals surface area (Å²) in [5.41, 5.74) is 5.59. The van der Waals surface area contributed by atoms with E-state index in [-0.39, 0.29) is 17.9 Å². The molecule has 0 bridgehead atoms. The number of carboxylic acid groups (broad SMARTS) is 1. The molecule has 1 aliphatic rings. The molecule has 1 rings (SSSR count). The molecule has 4 N–H and O–H groups in total. The molecule has 1 fully saturated rings. The van der Waals surface area contributed by atoms with E-state index in [2.05, 4.69) is 12.2 Å². The molecule has 0 saturated heterocycles. The second kappa shape index (κ2) is 8.95.